The van der Waals surface area contributed by atoms with Crippen molar-refractivity contribution in [2.24, 2.45) is 0 Å². The lowest BCUT2D eigenvalue weighted by atomic mass is 9.96. The highest BCUT2D eigenvalue weighted by Gasteiger charge is 2.19. The van der Waals surface area contributed by atoms with Crippen molar-refractivity contribution in [3.8, 4) is 34.3 Å². The zero-order chi connectivity index (χ0) is 15.6. The third-order valence-corrected chi connectivity index (χ3v) is 4.01. The van der Waals surface area contributed by atoms with Crippen LogP contribution in [0.1, 0.15) is 19.3 Å². The fourth-order valence-corrected chi connectivity index (χ4v) is 2.43. The molecule has 0 spiro atoms. The van der Waals surface area contributed by atoms with Gasteiger partial charge < -0.3 is 14.4 Å². The van der Waals surface area contributed by atoms with Gasteiger partial charge in [0, 0.05) is 11.1 Å². The van der Waals surface area contributed by atoms with E-state index >= 15 is 0 Å². The van der Waals surface area contributed by atoms with E-state index < -0.39 is 0 Å². The first-order valence-electron chi connectivity index (χ1n) is 7.68. The van der Waals surface area contributed by atoms with Gasteiger partial charge in [-0.2, -0.15) is 4.98 Å². The average Bonchev–Trinajstić information content (AvgIpc) is 3.02. The lowest BCUT2D eigenvalue weighted by molar-refractivity contribution is 0.120. The highest BCUT2D eigenvalue weighted by molar-refractivity contribution is 5.60. The second-order valence-electron chi connectivity index (χ2n) is 5.67. The predicted molar refractivity (Wildman–Crippen MR) is 85.1 cm³/mol. The summed E-state index contributed by atoms with van der Waals surface area (Å²) in [6.45, 7) is 0. The molecule has 0 radical (unpaired) electrons. The number of benzene rings is 2. The van der Waals surface area contributed by atoms with Crippen LogP contribution in [-0.4, -0.2) is 21.4 Å². The molecule has 3 aromatic rings. The molecule has 2 aromatic carbocycles. The van der Waals surface area contributed by atoms with Crippen LogP contribution in [-0.2, 0) is 0 Å². The average molecular weight is 308 g/mol. The summed E-state index contributed by atoms with van der Waals surface area (Å²) in [4.78, 5) is 4.40. The lowest BCUT2D eigenvalue weighted by Crippen LogP contribution is -2.24. The molecule has 1 aliphatic rings. The Morgan fingerprint density at radius 3 is 2.30 bits per heavy atom. The van der Waals surface area contributed by atoms with E-state index in [9.17, 15) is 5.11 Å². The van der Waals surface area contributed by atoms with Crippen LogP contribution >= 0.6 is 0 Å². The Balaban J connectivity index is 1.52. The third-order valence-electron chi connectivity index (χ3n) is 4.01. The van der Waals surface area contributed by atoms with Crippen LogP contribution < -0.4 is 4.74 Å². The fourth-order valence-electron chi connectivity index (χ4n) is 2.43. The molecule has 1 saturated carbocycles. The Morgan fingerprint density at radius 1 is 0.957 bits per heavy atom. The monoisotopic (exact) mass is 308 g/mol. The molecule has 1 aliphatic carbocycles. The molecule has 5 nitrogen and oxygen atoms in total. The molecule has 1 heterocycles. The van der Waals surface area contributed by atoms with Gasteiger partial charge in [0.25, 0.3) is 5.89 Å². The Bertz CT molecular complexity index is 790. The Kier molecular flexibility index (Phi) is 3.46. The maximum atomic E-state index is 9.32. The van der Waals surface area contributed by atoms with Crippen molar-refractivity contribution in [1.82, 2.24) is 10.1 Å². The largest absolute Gasteiger partial charge is 0.508 e. The minimum absolute atomic E-state index is 0.204. The van der Waals surface area contributed by atoms with Gasteiger partial charge >= 0.3 is 0 Å². The van der Waals surface area contributed by atoms with E-state index in [1.165, 1.54) is 6.42 Å². The van der Waals surface area contributed by atoms with Gasteiger partial charge in [-0.1, -0.05) is 5.16 Å². The first-order chi connectivity index (χ1) is 11.3. The van der Waals surface area contributed by atoms with Crippen LogP contribution in [0, 0.1) is 0 Å². The number of nitrogens with zero attached hydrogens (tertiary/aromatic N) is 2. The first kappa shape index (κ1) is 13.8. The van der Waals surface area contributed by atoms with Crippen molar-refractivity contribution in [3.63, 3.8) is 0 Å². The molecule has 0 aliphatic heterocycles. The summed E-state index contributed by atoms with van der Waals surface area (Å²) in [5.41, 5.74) is 1.64. The van der Waals surface area contributed by atoms with Crippen molar-refractivity contribution in [1.29, 1.82) is 0 Å². The fraction of sp³-hybridized carbons (Fsp3) is 0.222. The second kappa shape index (κ2) is 5.76. The minimum Gasteiger partial charge on any atom is -0.508 e. The zero-order valence-electron chi connectivity index (χ0n) is 12.5. The summed E-state index contributed by atoms with van der Waals surface area (Å²) in [7, 11) is 0. The van der Waals surface area contributed by atoms with Crippen molar-refractivity contribution < 1.29 is 14.4 Å². The maximum Gasteiger partial charge on any atom is 0.258 e. The molecule has 0 saturated heterocycles. The first-order valence-corrected chi connectivity index (χ1v) is 7.68. The molecule has 0 bridgehead atoms. The molecular weight excluding hydrogens is 292 g/mol. The summed E-state index contributed by atoms with van der Waals surface area (Å²) in [6, 6.07) is 14.4. The molecule has 116 valence electrons. The molecule has 4 rings (SSSR count). The molecule has 0 amide bonds. The normalized spacial score (nSPS) is 14.4. The summed E-state index contributed by atoms with van der Waals surface area (Å²) < 4.78 is 11.1. The number of phenolic OH excluding ortho intramolecular Hbond substituents is 1. The molecule has 23 heavy (non-hydrogen) atoms. The van der Waals surface area contributed by atoms with Crippen molar-refractivity contribution in [2.45, 2.75) is 25.4 Å². The summed E-state index contributed by atoms with van der Waals surface area (Å²) in [5, 5.41) is 13.3. The van der Waals surface area contributed by atoms with Gasteiger partial charge in [0.1, 0.15) is 11.5 Å². The summed E-state index contributed by atoms with van der Waals surface area (Å²) >= 11 is 0. The van der Waals surface area contributed by atoms with Crippen LogP contribution in [0.4, 0.5) is 0 Å². The van der Waals surface area contributed by atoms with Gasteiger partial charge in [-0.15, -0.1) is 0 Å². The SMILES string of the molecule is Oc1ccc(-c2nc(-c3ccc(OC4CCC4)cc3)no2)cc1. The standard InChI is InChI=1S/C18H16N2O3/c21-14-8-4-13(5-9-14)18-19-17(20-23-18)12-6-10-16(11-7-12)22-15-2-1-3-15/h4-11,15,21H,1-3H2. The van der Waals surface area contributed by atoms with Gasteiger partial charge in [0.05, 0.1) is 6.10 Å². The lowest BCUT2D eigenvalue weighted by Gasteiger charge is -2.26. The number of hydrogen-bond donors (Lipinski definition) is 1. The van der Waals surface area contributed by atoms with E-state index in [-0.39, 0.29) is 5.75 Å². The van der Waals surface area contributed by atoms with Gasteiger partial charge in [0.15, 0.2) is 0 Å². The van der Waals surface area contributed by atoms with E-state index in [1.807, 2.05) is 24.3 Å². The van der Waals surface area contributed by atoms with E-state index in [2.05, 4.69) is 10.1 Å². The number of aromatic nitrogens is 2. The van der Waals surface area contributed by atoms with Crippen LogP contribution in [0.3, 0.4) is 0 Å². The predicted octanol–water partition coefficient (Wildman–Crippen LogP) is 4.04. The number of ether oxygens (including phenoxy) is 1. The molecule has 1 fully saturated rings. The number of aromatic hydroxyl groups is 1. The van der Waals surface area contributed by atoms with Gasteiger partial charge in [-0.05, 0) is 67.8 Å². The highest BCUT2D eigenvalue weighted by Crippen LogP contribution is 2.28. The number of phenols is 1. The highest BCUT2D eigenvalue weighted by atomic mass is 16.5. The number of rotatable bonds is 4. The van der Waals surface area contributed by atoms with Gasteiger partial charge in [-0.3, -0.25) is 0 Å². The van der Waals surface area contributed by atoms with Crippen molar-refractivity contribution in [2.75, 3.05) is 0 Å². The smallest absolute Gasteiger partial charge is 0.258 e. The van der Waals surface area contributed by atoms with Crippen LogP contribution in [0.15, 0.2) is 53.1 Å². The zero-order valence-corrected chi connectivity index (χ0v) is 12.5. The van der Waals surface area contributed by atoms with Crippen LogP contribution in [0.2, 0.25) is 0 Å². The van der Waals surface area contributed by atoms with Crippen molar-refractivity contribution >= 4 is 0 Å². The van der Waals surface area contributed by atoms with Crippen molar-refractivity contribution in [3.05, 3.63) is 48.5 Å². The topological polar surface area (TPSA) is 68.4 Å². The van der Waals surface area contributed by atoms with Gasteiger partial charge in [0.2, 0.25) is 5.82 Å². The third kappa shape index (κ3) is 2.90. The van der Waals surface area contributed by atoms with E-state index in [0.29, 0.717) is 17.8 Å². The molecule has 0 atom stereocenters. The second-order valence-corrected chi connectivity index (χ2v) is 5.67. The molecule has 1 aromatic heterocycles. The Labute approximate surface area is 133 Å². The van der Waals surface area contributed by atoms with E-state index in [1.54, 1.807) is 24.3 Å². The van der Waals surface area contributed by atoms with E-state index in [0.717, 1.165) is 29.7 Å². The molecule has 1 N–H and O–H groups in total. The van der Waals surface area contributed by atoms with Gasteiger partial charge in [-0.25, -0.2) is 0 Å². The summed E-state index contributed by atoms with van der Waals surface area (Å²) in [5.74, 6) is 2.04. The molecule has 0 unspecified atom stereocenters. The van der Waals surface area contributed by atoms with Crippen LogP contribution in [0.5, 0.6) is 11.5 Å². The molecule has 5 heteroatoms. The van der Waals surface area contributed by atoms with E-state index in [4.69, 9.17) is 9.26 Å². The number of hydrogen-bond acceptors (Lipinski definition) is 5. The minimum atomic E-state index is 0.204. The maximum absolute atomic E-state index is 9.32. The quantitative estimate of drug-likeness (QED) is 0.787. The van der Waals surface area contributed by atoms with Crippen LogP contribution in [0.25, 0.3) is 22.8 Å². The Morgan fingerprint density at radius 2 is 1.65 bits per heavy atom. The summed E-state index contributed by atoms with van der Waals surface area (Å²) in [6.07, 6.45) is 3.91. The molecular formula is C18H16N2O3. The Hall–Kier alpha value is -2.82.